The molecule has 1 rings (SSSR count). The van der Waals surface area contributed by atoms with Crippen LogP contribution in [0, 0.1) is 5.92 Å². The van der Waals surface area contributed by atoms with E-state index in [9.17, 15) is 29.1 Å². The first kappa shape index (κ1) is 26.4. The molecule has 8 N–H and O–H groups in total. The number of carboxylic acids is 2. The number of aliphatic carboxylic acids is 2. The van der Waals surface area contributed by atoms with E-state index in [2.05, 4.69) is 16.0 Å². The molecule has 0 spiro atoms. The van der Waals surface area contributed by atoms with E-state index in [1.165, 1.54) is 12.1 Å². The molecular formula is C20H28N4O8. The third-order valence-electron chi connectivity index (χ3n) is 4.40. The van der Waals surface area contributed by atoms with Crippen LogP contribution in [-0.4, -0.2) is 69.7 Å². The van der Waals surface area contributed by atoms with Crippen LogP contribution in [-0.2, 0) is 30.4 Å². The maximum atomic E-state index is 12.6. The highest BCUT2D eigenvalue weighted by atomic mass is 16.4. The van der Waals surface area contributed by atoms with Crippen LogP contribution < -0.4 is 21.7 Å². The minimum Gasteiger partial charge on any atom is -0.508 e. The van der Waals surface area contributed by atoms with Crippen LogP contribution in [0.1, 0.15) is 25.8 Å². The molecule has 12 heteroatoms. The first-order valence-electron chi connectivity index (χ1n) is 9.76. The number of aromatic hydroxyl groups is 1. The second kappa shape index (κ2) is 12.2. The van der Waals surface area contributed by atoms with Crippen LogP contribution in [0.3, 0.4) is 0 Å². The standard InChI is InChI=1S/C20H28N4O8/c1-10(2)17(20(32)22-9-16(28)29)24-19(31)14(8-15(26)27)23-18(30)13(21)7-11-3-5-12(25)6-4-11/h3-6,10,13-14,17,25H,7-9,21H2,1-2H3,(H,22,32)(H,23,30)(H,24,31)(H,26,27)(H,28,29). The van der Waals surface area contributed by atoms with Crippen LogP contribution >= 0.6 is 0 Å². The van der Waals surface area contributed by atoms with Crippen molar-refractivity contribution in [3.05, 3.63) is 29.8 Å². The third kappa shape index (κ3) is 9.00. The average molecular weight is 452 g/mol. The van der Waals surface area contributed by atoms with Gasteiger partial charge in [0.25, 0.3) is 0 Å². The van der Waals surface area contributed by atoms with Crippen LogP contribution in [0.15, 0.2) is 24.3 Å². The topological polar surface area (TPSA) is 208 Å². The summed E-state index contributed by atoms with van der Waals surface area (Å²) in [6.45, 7) is 2.55. The average Bonchev–Trinajstić information content (AvgIpc) is 2.70. The summed E-state index contributed by atoms with van der Waals surface area (Å²) in [6, 6.07) is 2.19. The van der Waals surface area contributed by atoms with E-state index < -0.39 is 66.7 Å². The fraction of sp³-hybridized carbons (Fsp3) is 0.450. The maximum absolute atomic E-state index is 12.6. The number of hydrogen-bond donors (Lipinski definition) is 7. The van der Waals surface area contributed by atoms with E-state index in [1.807, 2.05) is 0 Å². The maximum Gasteiger partial charge on any atom is 0.322 e. The third-order valence-corrected chi connectivity index (χ3v) is 4.40. The summed E-state index contributed by atoms with van der Waals surface area (Å²) in [7, 11) is 0. The first-order valence-corrected chi connectivity index (χ1v) is 9.76. The number of nitrogens with one attached hydrogen (secondary N) is 3. The highest BCUT2D eigenvalue weighted by Crippen LogP contribution is 2.11. The number of carboxylic acid groups (broad SMARTS) is 2. The summed E-state index contributed by atoms with van der Waals surface area (Å²) in [5, 5.41) is 33.9. The van der Waals surface area contributed by atoms with Crippen molar-refractivity contribution in [2.45, 2.75) is 44.8 Å². The summed E-state index contributed by atoms with van der Waals surface area (Å²) in [6.07, 6.45) is -0.690. The molecule has 3 amide bonds. The molecule has 12 nitrogen and oxygen atoms in total. The van der Waals surface area contributed by atoms with E-state index in [0.717, 1.165) is 0 Å². The Hall–Kier alpha value is -3.67. The van der Waals surface area contributed by atoms with Crippen LogP contribution in [0.25, 0.3) is 0 Å². The molecule has 0 aromatic heterocycles. The smallest absolute Gasteiger partial charge is 0.322 e. The number of hydrogen-bond acceptors (Lipinski definition) is 7. The Balaban J connectivity index is 2.85. The number of amides is 3. The van der Waals surface area contributed by atoms with Gasteiger partial charge in [0.05, 0.1) is 12.5 Å². The lowest BCUT2D eigenvalue weighted by molar-refractivity contribution is -0.142. The van der Waals surface area contributed by atoms with E-state index in [-0.39, 0.29) is 12.2 Å². The molecule has 3 atom stereocenters. The number of phenols is 1. The van der Waals surface area contributed by atoms with Crippen molar-refractivity contribution in [2.24, 2.45) is 11.7 Å². The Morgan fingerprint density at radius 3 is 2.00 bits per heavy atom. The molecule has 0 saturated heterocycles. The molecule has 0 radical (unpaired) electrons. The van der Waals surface area contributed by atoms with E-state index in [1.54, 1.807) is 26.0 Å². The minimum atomic E-state index is -1.51. The number of rotatable bonds is 12. The lowest BCUT2D eigenvalue weighted by atomic mass is 10.0. The molecule has 0 bridgehead atoms. The Bertz CT molecular complexity index is 841. The number of carbonyl (C=O) groups excluding carboxylic acids is 3. The number of phenolic OH excluding ortho intramolecular Hbond substituents is 1. The summed E-state index contributed by atoms with van der Waals surface area (Å²) in [4.78, 5) is 59.1. The summed E-state index contributed by atoms with van der Waals surface area (Å²) < 4.78 is 0. The molecular weight excluding hydrogens is 424 g/mol. The predicted octanol–water partition coefficient (Wildman–Crippen LogP) is -1.44. The van der Waals surface area contributed by atoms with Crippen molar-refractivity contribution < 1.29 is 39.3 Å². The number of carbonyl (C=O) groups is 5. The lowest BCUT2D eigenvalue weighted by Gasteiger charge is -2.25. The van der Waals surface area contributed by atoms with Gasteiger partial charge in [0.2, 0.25) is 17.7 Å². The van der Waals surface area contributed by atoms with Gasteiger partial charge in [0.1, 0.15) is 24.4 Å². The Labute approximate surface area is 184 Å². The van der Waals surface area contributed by atoms with Gasteiger partial charge in [-0.2, -0.15) is 0 Å². The predicted molar refractivity (Wildman–Crippen MR) is 111 cm³/mol. The summed E-state index contributed by atoms with van der Waals surface area (Å²) in [5.74, 6) is -5.53. The molecule has 32 heavy (non-hydrogen) atoms. The van der Waals surface area contributed by atoms with Gasteiger partial charge in [0, 0.05) is 0 Å². The van der Waals surface area contributed by atoms with Crippen LogP contribution in [0.2, 0.25) is 0 Å². The molecule has 0 aliphatic heterocycles. The van der Waals surface area contributed by atoms with Gasteiger partial charge in [-0.3, -0.25) is 24.0 Å². The van der Waals surface area contributed by atoms with Gasteiger partial charge >= 0.3 is 11.9 Å². The second-order valence-corrected chi connectivity index (χ2v) is 7.48. The van der Waals surface area contributed by atoms with Crippen molar-refractivity contribution in [3.8, 4) is 5.75 Å². The molecule has 0 aliphatic carbocycles. The zero-order valence-electron chi connectivity index (χ0n) is 17.7. The van der Waals surface area contributed by atoms with Crippen molar-refractivity contribution in [1.29, 1.82) is 0 Å². The van der Waals surface area contributed by atoms with Crippen molar-refractivity contribution in [1.82, 2.24) is 16.0 Å². The number of benzene rings is 1. The first-order chi connectivity index (χ1) is 14.9. The second-order valence-electron chi connectivity index (χ2n) is 7.48. The van der Waals surface area contributed by atoms with Gasteiger partial charge in [-0.05, 0) is 30.0 Å². The Kier molecular flexibility index (Phi) is 10.1. The molecule has 176 valence electrons. The van der Waals surface area contributed by atoms with Crippen LogP contribution in [0.5, 0.6) is 5.75 Å². The van der Waals surface area contributed by atoms with Crippen LogP contribution in [0.4, 0.5) is 0 Å². The summed E-state index contributed by atoms with van der Waals surface area (Å²) in [5.41, 5.74) is 6.50. The Morgan fingerprint density at radius 2 is 1.50 bits per heavy atom. The molecule has 0 fully saturated rings. The fourth-order valence-electron chi connectivity index (χ4n) is 2.70. The quantitative estimate of drug-likeness (QED) is 0.198. The van der Waals surface area contributed by atoms with Gasteiger partial charge in [-0.1, -0.05) is 26.0 Å². The molecule has 1 aromatic rings. The van der Waals surface area contributed by atoms with Gasteiger partial charge < -0.3 is 37.0 Å². The zero-order valence-corrected chi connectivity index (χ0v) is 17.7. The molecule has 0 saturated carbocycles. The van der Waals surface area contributed by atoms with Gasteiger partial charge in [-0.25, -0.2) is 0 Å². The largest absolute Gasteiger partial charge is 0.508 e. The highest BCUT2D eigenvalue weighted by molar-refractivity contribution is 5.95. The van der Waals surface area contributed by atoms with Gasteiger partial charge in [0.15, 0.2) is 0 Å². The van der Waals surface area contributed by atoms with E-state index >= 15 is 0 Å². The number of nitrogens with two attached hydrogens (primary N) is 1. The SMILES string of the molecule is CC(C)C(NC(=O)C(CC(=O)O)NC(=O)C(N)Cc1ccc(O)cc1)C(=O)NCC(=O)O. The van der Waals surface area contributed by atoms with Crippen molar-refractivity contribution in [3.63, 3.8) is 0 Å². The van der Waals surface area contributed by atoms with E-state index in [0.29, 0.717) is 5.56 Å². The Morgan fingerprint density at radius 1 is 0.906 bits per heavy atom. The fourth-order valence-corrected chi connectivity index (χ4v) is 2.70. The van der Waals surface area contributed by atoms with Crippen molar-refractivity contribution >= 4 is 29.7 Å². The monoisotopic (exact) mass is 452 g/mol. The molecule has 0 aliphatic rings. The van der Waals surface area contributed by atoms with E-state index in [4.69, 9.17) is 15.9 Å². The normalized spacial score (nSPS) is 13.5. The summed E-state index contributed by atoms with van der Waals surface area (Å²) >= 11 is 0. The molecule has 3 unspecified atom stereocenters. The van der Waals surface area contributed by atoms with Crippen molar-refractivity contribution in [2.75, 3.05) is 6.54 Å². The lowest BCUT2D eigenvalue weighted by Crippen LogP contribution is -2.57. The molecule has 0 heterocycles. The minimum absolute atomic E-state index is 0.0389. The highest BCUT2D eigenvalue weighted by Gasteiger charge is 2.31. The molecule has 1 aromatic carbocycles. The van der Waals surface area contributed by atoms with Gasteiger partial charge in [-0.15, -0.1) is 0 Å². The zero-order chi connectivity index (χ0) is 24.4.